The molecule has 0 spiro atoms. The van der Waals surface area contributed by atoms with Crippen molar-refractivity contribution in [1.29, 1.82) is 0 Å². The molecule has 0 amide bonds. The maximum absolute atomic E-state index is 12.6. The molecule has 0 saturated carbocycles. The second-order valence-electron chi connectivity index (χ2n) is 2.91. The van der Waals surface area contributed by atoms with Gasteiger partial charge in [-0.25, -0.2) is 9.18 Å². The monoisotopic (exact) mass is 216 g/mol. The molecule has 5 heteroatoms. The molecular formula is C11H8BFNO2. The quantitative estimate of drug-likeness (QED) is 0.331. The van der Waals surface area contributed by atoms with Crippen LogP contribution in [-0.2, 0) is 9.63 Å². The van der Waals surface area contributed by atoms with Gasteiger partial charge in [0.15, 0.2) is 0 Å². The summed E-state index contributed by atoms with van der Waals surface area (Å²) in [6.07, 6.45) is 1.52. The van der Waals surface area contributed by atoms with Gasteiger partial charge in [-0.1, -0.05) is 23.7 Å². The summed E-state index contributed by atoms with van der Waals surface area (Å²) in [6, 6.07) is 5.65. The number of rotatable bonds is 3. The lowest BCUT2D eigenvalue weighted by atomic mass is 9.63. The first-order chi connectivity index (χ1) is 7.67. The van der Waals surface area contributed by atoms with Crippen LogP contribution in [0.15, 0.2) is 35.8 Å². The van der Waals surface area contributed by atoms with Crippen molar-refractivity contribution in [3.05, 3.63) is 53.2 Å². The molecule has 0 aliphatic carbocycles. The second-order valence-corrected chi connectivity index (χ2v) is 2.91. The molecule has 1 rings (SSSR count). The topological polar surface area (TPSA) is 30.7 Å². The Bertz CT molecular complexity index is 448. The van der Waals surface area contributed by atoms with Gasteiger partial charge in [-0.05, 0) is 24.1 Å². The van der Waals surface area contributed by atoms with Crippen molar-refractivity contribution in [3.8, 4) is 0 Å². The molecule has 1 radical (unpaired) electrons. The highest BCUT2D eigenvalue weighted by Gasteiger charge is 2.15. The first-order valence-electron chi connectivity index (χ1n) is 4.52. The van der Waals surface area contributed by atoms with E-state index >= 15 is 0 Å². The number of carbonyl (C=O) groups is 1. The van der Waals surface area contributed by atoms with Gasteiger partial charge >= 0.3 is 5.97 Å². The second kappa shape index (κ2) is 5.71. The van der Waals surface area contributed by atoms with Gasteiger partial charge in [-0.3, -0.25) is 0 Å². The average molecular weight is 216 g/mol. The molecule has 0 unspecified atom stereocenters. The Morgan fingerprint density at radius 1 is 1.50 bits per heavy atom. The van der Waals surface area contributed by atoms with Gasteiger partial charge in [-0.2, -0.15) is 6.57 Å². The first-order valence-corrected chi connectivity index (χ1v) is 4.52. The highest BCUT2D eigenvalue weighted by Crippen LogP contribution is 1.99. The molecule has 0 heterocycles. The van der Waals surface area contributed by atoms with E-state index in [2.05, 4.69) is 9.85 Å². The number of nitrogens with zero attached hydrogens (tertiary/aromatic N) is 1. The molecule has 0 saturated heterocycles. The summed E-state index contributed by atoms with van der Waals surface area (Å²) >= 11 is 0. The molecule has 0 aliphatic rings. The summed E-state index contributed by atoms with van der Waals surface area (Å²) in [4.78, 5) is 15.4. The number of allylic oxidation sites excluding steroid dienone is 1. The minimum absolute atomic E-state index is 0.252. The molecule has 0 N–H and O–H groups in total. The maximum atomic E-state index is 12.6. The Morgan fingerprint density at radius 2 is 2.12 bits per heavy atom. The van der Waals surface area contributed by atoms with Crippen LogP contribution in [-0.4, -0.2) is 13.2 Å². The van der Waals surface area contributed by atoms with Gasteiger partial charge in [0.25, 0.3) is 0 Å². The largest absolute Gasteiger partial charge is 0.412 e. The predicted molar refractivity (Wildman–Crippen MR) is 58.2 cm³/mol. The zero-order valence-electron chi connectivity index (χ0n) is 8.61. The lowest BCUT2D eigenvalue weighted by Crippen LogP contribution is -2.21. The van der Waals surface area contributed by atoms with Crippen molar-refractivity contribution in [3.63, 3.8) is 0 Å². The fourth-order valence-electron chi connectivity index (χ4n) is 1.09. The molecule has 79 valence electrons. The molecule has 0 aromatic heterocycles. The standard InChI is InChI=1S/C11H8BFNO2/c1-3-10(11(15)16-14-2)12-8-4-6-9(13)7-5-8/h3-7H,1H3. The van der Waals surface area contributed by atoms with Crippen molar-refractivity contribution in [2.24, 2.45) is 0 Å². The zero-order chi connectivity index (χ0) is 12.0. The van der Waals surface area contributed by atoms with Crippen LogP contribution >= 0.6 is 0 Å². The predicted octanol–water partition coefficient (Wildman–Crippen LogP) is 1.44. The van der Waals surface area contributed by atoms with Crippen LogP contribution in [0.1, 0.15) is 6.92 Å². The molecule has 3 nitrogen and oxygen atoms in total. The van der Waals surface area contributed by atoms with Gasteiger partial charge in [0.05, 0.1) is 0 Å². The van der Waals surface area contributed by atoms with Gasteiger partial charge < -0.3 is 0 Å². The van der Waals surface area contributed by atoms with Gasteiger partial charge in [0, 0.05) is 5.47 Å². The fraction of sp³-hybridized carbons (Fsp3) is 0.0909. The number of hydrogen-bond donors (Lipinski definition) is 0. The van der Waals surface area contributed by atoms with Gasteiger partial charge in [-0.15, -0.1) is 4.84 Å². The van der Waals surface area contributed by atoms with Crippen LogP contribution in [0.2, 0.25) is 0 Å². The van der Waals surface area contributed by atoms with E-state index < -0.39 is 5.97 Å². The molecule has 0 aliphatic heterocycles. The van der Waals surface area contributed by atoms with E-state index in [4.69, 9.17) is 6.57 Å². The number of benzene rings is 1. The van der Waals surface area contributed by atoms with E-state index in [1.807, 2.05) is 0 Å². The van der Waals surface area contributed by atoms with Crippen molar-refractivity contribution in [1.82, 2.24) is 0 Å². The van der Waals surface area contributed by atoms with E-state index in [9.17, 15) is 9.18 Å². The van der Waals surface area contributed by atoms with Crippen molar-refractivity contribution in [2.45, 2.75) is 6.92 Å². The summed E-state index contributed by atoms with van der Waals surface area (Å²) in [5.41, 5.74) is 0.916. The minimum atomic E-state index is -0.721. The molecule has 1 aromatic rings. The lowest BCUT2D eigenvalue weighted by Gasteiger charge is -1.99. The summed E-state index contributed by atoms with van der Waals surface area (Å²) < 4.78 is 12.6. The molecule has 0 bridgehead atoms. The molecule has 0 atom stereocenters. The Balaban J connectivity index is 2.76. The van der Waals surface area contributed by atoms with E-state index in [1.165, 1.54) is 37.6 Å². The molecule has 0 fully saturated rings. The smallest absolute Gasteiger partial charge is 0.239 e. The molecular weight excluding hydrogens is 208 g/mol. The van der Waals surface area contributed by atoms with E-state index in [1.54, 1.807) is 6.92 Å². The maximum Gasteiger partial charge on any atom is 0.412 e. The number of carbonyl (C=O) groups excluding carboxylic acids is 1. The first kappa shape index (κ1) is 12.0. The van der Waals surface area contributed by atoms with Crippen molar-refractivity contribution in [2.75, 3.05) is 0 Å². The van der Waals surface area contributed by atoms with Crippen LogP contribution in [0.3, 0.4) is 0 Å². The third-order valence-electron chi connectivity index (χ3n) is 1.87. The molecule has 16 heavy (non-hydrogen) atoms. The van der Waals surface area contributed by atoms with Crippen molar-refractivity contribution >= 4 is 18.7 Å². The lowest BCUT2D eigenvalue weighted by molar-refractivity contribution is -0.133. The van der Waals surface area contributed by atoms with Crippen molar-refractivity contribution < 1.29 is 14.0 Å². The Morgan fingerprint density at radius 3 is 2.62 bits per heavy atom. The van der Waals surface area contributed by atoms with Gasteiger partial charge in [0.2, 0.25) is 7.28 Å². The fourth-order valence-corrected chi connectivity index (χ4v) is 1.09. The van der Waals surface area contributed by atoms with Crippen LogP contribution in [0.4, 0.5) is 4.39 Å². The SMILES string of the molecule is [C-]#[N+]OC(=O)C([B]c1ccc(F)cc1)=CC. The average Bonchev–Trinajstić information content (AvgIpc) is 2.28. The van der Waals surface area contributed by atoms with E-state index in [-0.39, 0.29) is 11.3 Å². The summed E-state index contributed by atoms with van der Waals surface area (Å²) in [5.74, 6) is -1.07. The van der Waals surface area contributed by atoms with E-state index in [0.29, 0.717) is 5.46 Å². The number of hydrogen-bond acceptors (Lipinski definition) is 2. The highest BCUT2D eigenvalue weighted by molar-refractivity contribution is 6.66. The Hall–Kier alpha value is -2.09. The summed E-state index contributed by atoms with van der Waals surface area (Å²) in [5, 5.41) is 2.54. The van der Waals surface area contributed by atoms with Crippen LogP contribution in [0.5, 0.6) is 0 Å². The van der Waals surface area contributed by atoms with Crippen LogP contribution < -0.4 is 5.46 Å². The Labute approximate surface area is 93.6 Å². The van der Waals surface area contributed by atoms with E-state index in [0.717, 1.165) is 0 Å². The zero-order valence-corrected chi connectivity index (χ0v) is 8.61. The third-order valence-corrected chi connectivity index (χ3v) is 1.87. The van der Waals surface area contributed by atoms with Gasteiger partial charge in [0.1, 0.15) is 5.82 Å². The summed E-state index contributed by atoms with van der Waals surface area (Å²) in [6.45, 7) is 8.05. The Kier molecular flexibility index (Phi) is 4.28. The molecule has 1 aromatic carbocycles. The normalized spacial score (nSPS) is 10.4. The minimum Gasteiger partial charge on any atom is -0.239 e. The third kappa shape index (κ3) is 3.25. The highest BCUT2D eigenvalue weighted by atomic mass is 19.1. The summed E-state index contributed by atoms with van der Waals surface area (Å²) in [7, 11) is 1.52. The number of halogens is 1. The van der Waals surface area contributed by atoms with Crippen LogP contribution in [0, 0.1) is 12.4 Å². The van der Waals surface area contributed by atoms with Crippen LogP contribution in [0.25, 0.3) is 5.01 Å².